The van der Waals surface area contributed by atoms with Crippen molar-refractivity contribution in [3.63, 3.8) is 0 Å². The molecule has 0 saturated heterocycles. The molecule has 5 nitrogen and oxygen atoms in total. The maximum atomic E-state index is 12.2. The second-order valence-corrected chi connectivity index (χ2v) is 6.68. The normalized spacial score (nSPS) is 21.1. The van der Waals surface area contributed by atoms with Gasteiger partial charge in [0.05, 0.1) is 12.7 Å². The first kappa shape index (κ1) is 17.4. The molecule has 1 aliphatic heterocycles. The molecule has 27 heavy (non-hydrogen) atoms. The second kappa shape index (κ2) is 7.29. The summed E-state index contributed by atoms with van der Waals surface area (Å²) in [5.41, 5.74) is 0.633. The van der Waals surface area contributed by atoms with Crippen LogP contribution in [0.15, 0.2) is 84.1 Å². The fraction of sp³-hybridized carbons (Fsp3) is 0.227. The summed E-state index contributed by atoms with van der Waals surface area (Å²) in [6, 6.07) is 21.5. The van der Waals surface area contributed by atoms with Crippen LogP contribution in [0, 0.1) is 0 Å². The molecule has 1 N–H and O–H groups in total. The van der Waals surface area contributed by atoms with Crippen LogP contribution in [0.1, 0.15) is 23.6 Å². The van der Waals surface area contributed by atoms with Gasteiger partial charge < -0.3 is 10.1 Å². The standard InChI is InChI=1S/C22H23N4O/c1-23-14-8-17-26-21-24-15-9-16-25(21)20(18-10-4-2-5-11-18)22(26,27)19-12-6-3-7-13-19/h2-7,9-13,15-16,20,27H,1,8,14,17H2/q+1. The van der Waals surface area contributed by atoms with Crippen molar-refractivity contribution in [1.82, 2.24) is 4.98 Å². The van der Waals surface area contributed by atoms with Crippen molar-refractivity contribution in [1.29, 1.82) is 0 Å². The van der Waals surface area contributed by atoms with Gasteiger partial charge in [-0.3, -0.25) is 0 Å². The van der Waals surface area contributed by atoms with Crippen molar-refractivity contribution in [3.05, 3.63) is 90.3 Å². The lowest BCUT2D eigenvalue weighted by Crippen LogP contribution is -2.50. The number of anilines is 1. The van der Waals surface area contributed by atoms with Gasteiger partial charge in [-0.05, 0) is 18.7 Å². The average Bonchev–Trinajstić information content (AvgIpc) is 2.99. The number of aliphatic hydroxyl groups is 1. The molecule has 1 aliphatic rings. The number of nitrogens with zero attached hydrogens (tertiary/aromatic N) is 4. The summed E-state index contributed by atoms with van der Waals surface area (Å²) < 4.78 is 2.06. The zero-order valence-electron chi connectivity index (χ0n) is 15.1. The molecule has 136 valence electrons. The van der Waals surface area contributed by atoms with E-state index in [-0.39, 0.29) is 6.04 Å². The van der Waals surface area contributed by atoms with Crippen LogP contribution in [0.5, 0.6) is 0 Å². The summed E-state index contributed by atoms with van der Waals surface area (Å²) in [6.07, 6.45) is 4.54. The lowest BCUT2D eigenvalue weighted by molar-refractivity contribution is -0.703. The molecule has 0 radical (unpaired) electrons. The summed E-state index contributed by atoms with van der Waals surface area (Å²) >= 11 is 0. The second-order valence-electron chi connectivity index (χ2n) is 6.68. The Bertz CT molecular complexity index is 916. The highest BCUT2D eigenvalue weighted by Crippen LogP contribution is 2.44. The zero-order chi connectivity index (χ0) is 18.7. The van der Waals surface area contributed by atoms with Crippen LogP contribution in [0.25, 0.3) is 0 Å². The molecule has 0 aliphatic carbocycles. The average molecular weight is 359 g/mol. The highest BCUT2D eigenvalue weighted by atomic mass is 16.3. The molecule has 0 bridgehead atoms. The molecular formula is C22H23N4O+. The Morgan fingerprint density at radius 2 is 1.78 bits per heavy atom. The molecule has 1 aromatic heterocycles. The minimum Gasteiger partial charge on any atom is -0.352 e. The van der Waals surface area contributed by atoms with E-state index in [0.29, 0.717) is 13.1 Å². The van der Waals surface area contributed by atoms with Gasteiger partial charge in [0.15, 0.2) is 6.04 Å². The van der Waals surface area contributed by atoms with Gasteiger partial charge in [-0.1, -0.05) is 65.6 Å². The van der Waals surface area contributed by atoms with Crippen LogP contribution in [-0.2, 0) is 5.72 Å². The van der Waals surface area contributed by atoms with E-state index >= 15 is 0 Å². The quantitative estimate of drug-likeness (QED) is 0.418. The molecule has 0 spiro atoms. The van der Waals surface area contributed by atoms with Crippen molar-refractivity contribution in [3.8, 4) is 0 Å². The fourth-order valence-corrected chi connectivity index (χ4v) is 3.92. The molecule has 0 saturated carbocycles. The Hall–Kier alpha value is -3.05. The third kappa shape index (κ3) is 2.90. The minimum absolute atomic E-state index is 0.304. The van der Waals surface area contributed by atoms with Gasteiger partial charge in [0, 0.05) is 18.2 Å². The molecule has 4 rings (SSSR count). The SMILES string of the molecule is C=NCCCN1c2nccc[n+]2C(c2ccccc2)C1(O)c1ccccc1. The van der Waals surface area contributed by atoms with Crippen molar-refractivity contribution in [2.75, 3.05) is 18.0 Å². The smallest absolute Gasteiger partial charge is 0.352 e. The monoisotopic (exact) mass is 359 g/mol. The van der Waals surface area contributed by atoms with E-state index < -0.39 is 5.72 Å². The molecule has 5 heteroatoms. The third-order valence-electron chi connectivity index (χ3n) is 5.08. The largest absolute Gasteiger partial charge is 0.397 e. The summed E-state index contributed by atoms with van der Waals surface area (Å²) in [4.78, 5) is 10.6. The van der Waals surface area contributed by atoms with Gasteiger partial charge >= 0.3 is 5.95 Å². The van der Waals surface area contributed by atoms with Gasteiger partial charge in [-0.2, -0.15) is 0 Å². The van der Waals surface area contributed by atoms with Crippen LogP contribution < -0.4 is 9.47 Å². The van der Waals surface area contributed by atoms with Gasteiger partial charge in [0.1, 0.15) is 6.20 Å². The van der Waals surface area contributed by atoms with E-state index in [4.69, 9.17) is 0 Å². The van der Waals surface area contributed by atoms with Crippen molar-refractivity contribution >= 4 is 12.7 Å². The first-order chi connectivity index (χ1) is 13.3. The van der Waals surface area contributed by atoms with Crippen molar-refractivity contribution in [2.45, 2.75) is 18.2 Å². The van der Waals surface area contributed by atoms with Crippen LogP contribution in [-0.4, -0.2) is 29.9 Å². The van der Waals surface area contributed by atoms with Crippen molar-refractivity contribution in [2.24, 2.45) is 4.99 Å². The highest BCUT2D eigenvalue weighted by molar-refractivity contribution is 5.43. The predicted octanol–water partition coefficient (Wildman–Crippen LogP) is 2.71. The summed E-state index contributed by atoms with van der Waals surface area (Å²) in [7, 11) is 0. The number of fused-ring (bicyclic) bond motifs is 1. The first-order valence-corrected chi connectivity index (χ1v) is 9.16. The summed E-state index contributed by atoms with van der Waals surface area (Å²) in [6.45, 7) is 4.85. The third-order valence-corrected chi connectivity index (χ3v) is 5.08. The van der Waals surface area contributed by atoms with Gasteiger partial charge in [-0.15, -0.1) is 0 Å². The Labute approximate surface area is 159 Å². The van der Waals surface area contributed by atoms with Gasteiger partial charge in [-0.25, -0.2) is 9.47 Å². The molecule has 0 fully saturated rings. The van der Waals surface area contributed by atoms with Crippen molar-refractivity contribution < 1.29 is 9.67 Å². The Morgan fingerprint density at radius 3 is 2.48 bits per heavy atom. The number of hydrogen-bond donors (Lipinski definition) is 1. The van der Waals surface area contributed by atoms with Gasteiger partial charge in [0.2, 0.25) is 0 Å². The number of hydrogen-bond acceptors (Lipinski definition) is 4. The Kier molecular flexibility index (Phi) is 4.69. The van der Waals surface area contributed by atoms with Crippen LogP contribution in [0.3, 0.4) is 0 Å². The number of aliphatic imine (C=N–C) groups is 1. The number of aromatic nitrogens is 2. The van der Waals surface area contributed by atoms with E-state index in [1.54, 1.807) is 6.20 Å². The van der Waals surface area contributed by atoms with E-state index in [2.05, 4.69) is 33.4 Å². The van der Waals surface area contributed by atoms with Crippen LogP contribution in [0.4, 0.5) is 5.95 Å². The first-order valence-electron chi connectivity index (χ1n) is 9.16. The Morgan fingerprint density at radius 1 is 1.07 bits per heavy atom. The van der Waals surface area contributed by atoms with E-state index in [9.17, 15) is 5.11 Å². The molecule has 0 amide bonds. The lowest BCUT2D eigenvalue weighted by Gasteiger charge is -2.33. The topological polar surface area (TPSA) is 52.6 Å². The zero-order valence-corrected chi connectivity index (χ0v) is 15.1. The summed E-state index contributed by atoms with van der Waals surface area (Å²) in [5.74, 6) is 0.752. The molecule has 2 atom stereocenters. The fourth-order valence-electron chi connectivity index (χ4n) is 3.92. The minimum atomic E-state index is -1.24. The summed E-state index contributed by atoms with van der Waals surface area (Å²) in [5, 5.41) is 12.2. The van der Waals surface area contributed by atoms with E-state index in [1.807, 2.05) is 65.7 Å². The molecular weight excluding hydrogens is 336 g/mol. The van der Waals surface area contributed by atoms with Gasteiger partial charge in [0.25, 0.3) is 5.72 Å². The Balaban J connectivity index is 1.91. The van der Waals surface area contributed by atoms with E-state index in [1.165, 1.54) is 0 Å². The molecule has 2 aromatic carbocycles. The predicted molar refractivity (Wildman–Crippen MR) is 106 cm³/mol. The lowest BCUT2D eigenvalue weighted by atomic mass is 9.89. The maximum Gasteiger partial charge on any atom is 0.397 e. The van der Waals surface area contributed by atoms with Crippen LogP contribution in [0.2, 0.25) is 0 Å². The number of benzene rings is 2. The number of rotatable bonds is 6. The molecule has 2 unspecified atom stereocenters. The molecule has 2 heterocycles. The maximum absolute atomic E-state index is 12.2. The van der Waals surface area contributed by atoms with Crippen LogP contribution >= 0.6 is 0 Å². The van der Waals surface area contributed by atoms with E-state index in [0.717, 1.165) is 23.5 Å². The highest BCUT2D eigenvalue weighted by Gasteiger charge is 2.59. The molecule has 3 aromatic rings.